The van der Waals surface area contributed by atoms with Gasteiger partial charge in [-0.15, -0.1) is 0 Å². The maximum atomic E-state index is 14.7. The van der Waals surface area contributed by atoms with Gasteiger partial charge in [-0.2, -0.15) is 0 Å². The van der Waals surface area contributed by atoms with E-state index >= 15 is 0 Å². The number of halogens is 1. The van der Waals surface area contributed by atoms with Gasteiger partial charge in [0, 0.05) is 24.6 Å². The molecule has 7 heteroatoms. The number of nitrogens with two attached hydrogens (primary N) is 1. The van der Waals surface area contributed by atoms with E-state index in [-0.39, 0.29) is 11.9 Å². The van der Waals surface area contributed by atoms with Crippen molar-refractivity contribution >= 4 is 11.9 Å². The number of nitrogen functional groups attached to an aromatic ring is 1. The Balaban J connectivity index is 1.74. The molecular weight excluding hydrogens is 443 g/mol. The van der Waals surface area contributed by atoms with E-state index in [1.807, 2.05) is 60.7 Å². The first kappa shape index (κ1) is 22.5. The number of fused-ring (bicyclic) bond motifs is 1. The Morgan fingerprint density at radius 2 is 1.74 bits per heavy atom. The summed E-state index contributed by atoms with van der Waals surface area (Å²) in [5.74, 6) is -0.104. The summed E-state index contributed by atoms with van der Waals surface area (Å²) in [6, 6.07) is 21.7. The van der Waals surface area contributed by atoms with Crippen molar-refractivity contribution in [2.75, 3.05) is 12.8 Å². The summed E-state index contributed by atoms with van der Waals surface area (Å²) in [7, 11) is 1.51. The summed E-state index contributed by atoms with van der Waals surface area (Å²) < 4.78 is 20.4. The molecular formula is C28H25FN4O2. The Bertz CT molecular complexity index is 1390. The largest absolute Gasteiger partial charge is 0.496 e. The van der Waals surface area contributed by atoms with Crippen LogP contribution < -0.4 is 10.5 Å². The van der Waals surface area contributed by atoms with Gasteiger partial charge in [0.05, 0.1) is 30.1 Å². The average Bonchev–Trinajstić information content (AvgIpc) is 2.86. The number of aryl methyl sites for hydroxylation is 1. The smallest absolute Gasteiger partial charge is 0.258 e. The number of benzene rings is 3. The molecule has 0 saturated heterocycles. The third kappa shape index (κ3) is 4.21. The molecule has 5 rings (SSSR count). The van der Waals surface area contributed by atoms with Gasteiger partial charge in [-0.25, -0.2) is 14.4 Å². The van der Waals surface area contributed by atoms with Crippen LogP contribution >= 0.6 is 0 Å². The quantitative estimate of drug-likeness (QED) is 0.440. The van der Waals surface area contributed by atoms with E-state index in [0.29, 0.717) is 41.2 Å². The summed E-state index contributed by atoms with van der Waals surface area (Å²) in [6.07, 6.45) is 0.392. The van der Waals surface area contributed by atoms with E-state index < -0.39 is 11.9 Å². The van der Waals surface area contributed by atoms with Crippen molar-refractivity contribution < 1.29 is 13.9 Å². The Hall–Kier alpha value is -4.26. The fourth-order valence-corrected chi connectivity index (χ4v) is 4.84. The Labute approximate surface area is 203 Å². The third-order valence-corrected chi connectivity index (χ3v) is 6.36. The molecule has 1 aromatic heterocycles. The van der Waals surface area contributed by atoms with Gasteiger partial charge in [0.1, 0.15) is 11.6 Å². The molecule has 0 saturated carbocycles. The lowest BCUT2D eigenvalue weighted by molar-refractivity contribution is 0.0622. The van der Waals surface area contributed by atoms with Crippen molar-refractivity contribution in [1.82, 2.24) is 14.9 Å². The SMILES string of the molecule is COc1cc(F)cc(-c2ccccc2)c1[C@H]1Cc2nc(N)nc(C)c2C(=O)N1Cc1ccccc1. The zero-order valence-corrected chi connectivity index (χ0v) is 19.5. The minimum absolute atomic E-state index is 0.124. The first-order chi connectivity index (χ1) is 17.0. The number of hydrogen-bond donors (Lipinski definition) is 1. The molecule has 3 aromatic carbocycles. The zero-order valence-electron chi connectivity index (χ0n) is 19.5. The molecule has 0 radical (unpaired) electrons. The van der Waals surface area contributed by atoms with Gasteiger partial charge in [-0.3, -0.25) is 4.79 Å². The Morgan fingerprint density at radius 1 is 1.06 bits per heavy atom. The molecule has 0 fully saturated rings. The van der Waals surface area contributed by atoms with Crippen LogP contribution in [0.15, 0.2) is 72.8 Å². The summed E-state index contributed by atoms with van der Waals surface area (Å²) in [6.45, 7) is 2.13. The van der Waals surface area contributed by atoms with Crippen LogP contribution in [0.1, 0.15) is 38.9 Å². The highest BCUT2D eigenvalue weighted by atomic mass is 19.1. The first-order valence-electron chi connectivity index (χ1n) is 11.4. The molecule has 0 spiro atoms. The monoisotopic (exact) mass is 468 g/mol. The lowest BCUT2D eigenvalue weighted by Crippen LogP contribution is -2.41. The zero-order chi connectivity index (χ0) is 24.5. The molecule has 1 aliphatic heterocycles. The van der Waals surface area contributed by atoms with Crippen LogP contribution in [0, 0.1) is 12.7 Å². The van der Waals surface area contributed by atoms with E-state index in [1.54, 1.807) is 11.8 Å². The van der Waals surface area contributed by atoms with E-state index in [4.69, 9.17) is 10.5 Å². The molecule has 1 aliphatic rings. The van der Waals surface area contributed by atoms with E-state index in [0.717, 1.165) is 16.7 Å². The van der Waals surface area contributed by atoms with E-state index in [9.17, 15) is 9.18 Å². The highest BCUT2D eigenvalue weighted by Crippen LogP contribution is 2.44. The van der Waals surface area contributed by atoms with Crippen molar-refractivity contribution in [2.24, 2.45) is 0 Å². The summed E-state index contributed by atoms with van der Waals surface area (Å²) in [5, 5.41) is 0. The summed E-state index contributed by atoms with van der Waals surface area (Å²) in [4.78, 5) is 24.4. The van der Waals surface area contributed by atoms with Gasteiger partial charge in [0.15, 0.2) is 0 Å². The van der Waals surface area contributed by atoms with Gasteiger partial charge < -0.3 is 15.4 Å². The normalized spacial score (nSPS) is 15.1. The minimum Gasteiger partial charge on any atom is -0.496 e. The van der Waals surface area contributed by atoms with Crippen LogP contribution in [0.25, 0.3) is 11.1 Å². The molecule has 1 amide bonds. The molecule has 1 atom stereocenters. The molecule has 4 aromatic rings. The number of ether oxygens (including phenoxy) is 1. The number of anilines is 1. The predicted molar refractivity (Wildman–Crippen MR) is 132 cm³/mol. The van der Waals surface area contributed by atoms with Gasteiger partial charge in [0.2, 0.25) is 5.95 Å². The number of hydrogen-bond acceptors (Lipinski definition) is 5. The van der Waals surface area contributed by atoms with Crippen molar-refractivity contribution in [1.29, 1.82) is 0 Å². The van der Waals surface area contributed by atoms with Crippen molar-refractivity contribution in [3.63, 3.8) is 0 Å². The predicted octanol–water partition coefficient (Wildman–Crippen LogP) is 5.12. The number of carbonyl (C=O) groups is 1. The number of amides is 1. The molecule has 0 unspecified atom stereocenters. The average molecular weight is 469 g/mol. The molecule has 2 heterocycles. The number of methoxy groups -OCH3 is 1. The highest BCUT2D eigenvalue weighted by molar-refractivity contribution is 5.98. The number of carbonyl (C=O) groups excluding carboxylic acids is 1. The van der Waals surface area contributed by atoms with Crippen LogP contribution in [-0.4, -0.2) is 27.9 Å². The maximum absolute atomic E-state index is 14.7. The lowest BCUT2D eigenvalue weighted by Gasteiger charge is -2.38. The summed E-state index contributed by atoms with van der Waals surface area (Å²) >= 11 is 0. The summed E-state index contributed by atoms with van der Waals surface area (Å²) in [5.41, 5.74) is 10.7. The second kappa shape index (κ2) is 9.18. The van der Waals surface area contributed by atoms with Crippen LogP contribution in [0.4, 0.5) is 10.3 Å². The van der Waals surface area contributed by atoms with Crippen LogP contribution in [0.2, 0.25) is 0 Å². The molecule has 176 valence electrons. The maximum Gasteiger partial charge on any atom is 0.258 e. The van der Waals surface area contributed by atoms with E-state index in [1.165, 1.54) is 19.2 Å². The lowest BCUT2D eigenvalue weighted by atomic mass is 9.86. The molecule has 0 bridgehead atoms. The molecule has 2 N–H and O–H groups in total. The molecule has 0 aliphatic carbocycles. The molecule has 35 heavy (non-hydrogen) atoms. The van der Waals surface area contributed by atoms with Crippen LogP contribution in [0.5, 0.6) is 5.75 Å². The van der Waals surface area contributed by atoms with Gasteiger partial charge in [0.25, 0.3) is 5.91 Å². The van der Waals surface area contributed by atoms with Crippen molar-refractivity contribution in [3.05, 3.63) is 107 Å². The number of nitrogens with zero attached hydrogens (tertiary/aromatic N) is 3. The number of rotatable bonds is 5. The van der Waals surface area contributed by atoms with Gasteiger partial charge in [-0.1, -0.05) is 60.7 Å². The standard InChI is InChI=1S/C28H25FN4O2/c1-17-25-22(32-28(30)31-17)15-23(33(27(25)34)16-18-9-5-3-6-10-18)26-21(19-11-7-4-8-12-19)13-20(29)14-24(26)35-2/h3-14,23H,15-16H2,1-2H3,(H2,30,31,32)/t23-/m1/s1. The van der Waals surface area contributed by atoms with E-state index in [2.05, 4.69) is 9.97 Å². The van der Waals surface area contributed by atoms with Crippen LogP contribution in [0.3, 0.4) is 0 Å². The fraction of sp³-hybridized carbons (Fsp3) is 0.179. The third-order valence-electron chi connectivity index (χ3n) is 6.36. The Morgan fingerprint density at radius 3 is 2.43 bits per heavy atom. The second-order valence-corrected chi connectivity index (χ2v) is 8.56. The van der Waals surface area contributed by atoms with Gasteiger partial charge in [-0.05, 0) is 29.7 Å². The Kier molecular flexibility index (Phi) is 5.91. The minimum atomic E-state index is -0.463. The molecule has 6 nitrogen and oxygen atoms in total. The highest BCUT2D eigenvalue weighted by Gasteiger charge is 2.38. The van der Waals surface area contributed by atoms with Crippen molar-refractivity contribution in [2.45, 2.75) is 25.9 Å². The second-order valence-electron chi connectivity index (χ2n) is 8.56. The van der Waals surface area contributed by atoms with Crippen molar-refractivity contribution in [3.8, 4) is 16.9 Å². The number of aromatic nitrogens is 2. The topological polar surface area (TPSA) is 81.3 Å². The van der Waals surface area contributed by atoms with Gasteiger partial charge >= 0.3 is 0 Å². The van der Waals surface area contributed by atoms with Crippen LogP contribution in [-0.2, 0) is 13.0 Å². The fourth-order valence-electron chi connectivity index (χ4n) is 4.84. The first-order valence-corrected chi connectivity index (χ1v) is 11.4.